The van der Waals surface area contributed by atoms with Gasteiger partial charge in [-0.05, 0) is 24.6 Å². The van der Waals surface area contributed by atoms with E-state index in [1.807, 2.05) is 0 Å². The first-order valence-corrected chi connectivity index (χ1v) is 6.50. The van der Waals surface area contributed by atoms with Crippen LogP contribution < -0.4 is 10.6 Å². The minimum atomic E-state index is -1.07. The number of carboxylic acid groups (broad SMARTS) is 1. The predicted octanol–water partition coefficient (Wildman–Crippen LogP) is 3.35. The Morgan fingerprint density at radius 2 is 2.05 bits per heavy atom. The second kappa shape index (κ2) is 7.63. The molecule has 5 nitrogen and oxygen atoms in total. The van der Waals surface area contributed by atoms with Crippen LogP contribution >= 0.6 is 11.6 Å². The van der Waals surface area contributed by atoms with Crippen LogP contribution in [0.4, 0.5) is 10.5 Å². The third-order valence-corrected chi connectivity index (χ3v) is 2.86. The molecule has 0 aliphatic rings. The van der Waals surface area contributed by atoms with Crippen molar-refractivity contribution in [2.45, 2.75) is 26.2 Å². The van der Waals surface area contributed by atoms with Gasteiger partial charge in [0.05, 0.1) is 16.3 Å². The lowest BCUT2D eigenvalue weighted by Crippen LogP contribution is -2.29. The molecule has 0 unspecified atom stereocenters. The molecule has 0 aliphatic carbocycles. The fourth-order valence-electron chi connectivity index (χ4n) is 1.50. The first kappa shape index (κ1) is 15.3. The normalized spacial score (nSPS) is 10.0. The Balaban J connectivity index is 2.58. The van der Waals surface area contributed by atoms with E-state index in [1.54, 1.807) is 0 Å². The maximum absolute atomic E-state index is 11.6. The molecule has 2 amide bonds. The van der Waals surface area contributed by atoms with Gasteiger partial charge in [0.25, 0.3) is 0 Å². The Hall–Kier alpha value is -1.75. The standard InChI is InChI=1S/C13H17ClN2O3/c1-2-3-4-7-15-13(19)16-11-8-9(12(17)18)5-6-10(11)14/h5-6,8H,2-4,7H2,1H3,(H,17,18)(H2,15,16,19). The second-order valence-electron chi connectivity index (χ2n) is 4.09. The fraction of sp³-hybridized carbons (Fsp3) is 0.385. The molecular weight excluding hydrogens is 268 g/mol. The minimum Gasteiger partial charge on any atom is -0.478 e. The highest BCUT2D eigenvalue weighted by molar-refractivity contribution is 6.33. The van der Waals surface area contributed by atoms with Crippen LogP contribution in [0.15, 0.2) is 18.2 Å². The number of hydrogen-bond acceptors (Lipinski definition) is 2. The van der Waals surface area contributed by atoms with Crippen molar-refractivity contribution in [1.82, 2.24) is 5.32 Å². The number of nitrogens with one attached hydrogen (secondary N) is 2. The van der Waals surface area contributed by atoms with Crippen LogP contribution in [0.25, 0.3) is 0 Å². The van der Waals surface area contributed by atoms with Crippen molar-refractivity contribution in [1.29, 1.82) is 0 Å². The van der Waals surface area contributed by atoms with Crippen molar-refractivity contribution < 1.29 is 14.7 Å². The molecule has 6 heteroatoms. The van der Waals surface area contributed by atoms with E-state index in [0.29, 0.717) is 11.6 Å². The Kier molecular flexibility index (Phi) is 6.15. The summed E-state index contributed by atoms with van der Waals surface area (Å²) in [4.78, 5) is 22.4. The molecule has 0 saturated carbocycles. The number of urea groups is 1. The zero-order valence-electron chi connectivity index (χ0n) is 10.7. The van der Waals surface area contributed by atoms with E-state index >= 15 is 0 Å². The van der Waals surface area contributed by atoms with Crippen LogP contribution in [0.1, 0.15) is 36.5 Å². The van der Waals surface area contributed by atoms with Gasteiger partial charge < -0.3 is 15.7 Å². The highest BCUT2D eigenvalue weighted by Crippen LogP contribution is 2.22. The average molecular weight is 285 g/mol. The molecule has 0 fully saturated rings. The van der Waals surface area contributed by atoms with E-state index in [4.69, 9.17) is 16.7 Å². The van der Waals surface area contributed by atoms with Crippen molar-refractivity contribution in [3.8, 4) is 0 Å². The van der Waals surface area contributed by atoms with Crippen LogP contribution in [0.5, 0.6) is 0 Å². The number of anilines is 1. The molecule has 104 valence electrons. The van der Waals surface area contributed by atoms with E-state index in [9.17, 15) is 9.59 Å². The van der Waals surface area contributed by atoms with Gasteiger partial charge in [-0.3, -0.25) is 0 Å². The highest BCUT2D eigenvalue weighted by Gasteiger charge is 2.09. The van der Waals surface area contributed by atoms with Gasteiger partial charge in [-0.1, -0.05) is 31.4 Å². The largest absolute Gasteiger partial charge is 0.478 e. The maximum Gasteiger partial charge on any atom is 0.335 e. The predicted molar refractivity (Wildman–Crippen MR) is 75.0 cm³/mol. The minimum absolute atomic E-state index is 0.0747. The van der Waals surface area contributed by atoms with Crippen molar-refractivity contribution >= 4 is 29.3 Å². The first-order valence-electron chi connectivity index (χ1n) is 6.12. The van der Waals surface area contributed by atoms with Crippen LogP contribution in [-0.4, -0.2) is 23.7 Å². The third-order valence-electron chi connectivity index (χ3n) is 2.53. The number of hydrogen-bond donors (Lipinski definition) is 3. The summed E-state index contributed by atoms with van der Waals surface area (Å²) in [5.74, 6) is -1.07. The monoisotopic (exact) mass is 284 g/mol. The lowest BCUT2D eigenvalue weighted by Gasteiger charge is -2.09. The summed E-state index contributed by atoms with van der Waals surface area (Å²) in [7, 11) is 0. The highest BCUT2D eigenvalue weighted by atomic mass is 35.5. The summed E-state index contributed by atoms with van der Waals surface area (Å²) in [5, 5.41) is 14.4. The summed E-state index contributed by atoms with van der Waals surface area (Å²) < 4.78 is 0. The fourth-order valence-corrected chi connectivity index (χ4v) is 1.66. The van der Waals surface area contributed by atoms with Crippen molar-refractivity contribution in [2.24, 2.45) is 0 Å². The Morgan fingerprint density at radius 1 is 1.32 bits per heavy atom. The molecule has 1 aromatic carbocycles. The summed E-state index contributed by atoms with van der Waals surface area (Å²) in [6, 6.07) is 3.77. The summed E-state index contributed by atoms with van der Waals surface area (Å²) in [6.07, 6.45) is 3.04. The first-order chi connectivity index (χ1) is 9.04. The van der Waals surface area contributed by atoms with Gasteiger partial charge in [0, 0.05) is 6.54 Å². The smallest absolute Gasteiger partial charge is 0.335 e. The third kappa shape index (κ3) is 5.18. The van der Waals surface area contributed by atoms with Crippen LogP contribution in [-0.2, 0) is 0 Å². The van der Waals surface area contributed by atoms with Crippen LogP contribution in [0, 0.1) is 0 Å². The summed E-state index contributed by atoms with van der Waals surface area (Å²) in [6.45, 7) is 2.66. The Bertz CT molecular complexity index is 463. The van der Waals surface area contributed by atoms with E-state index in [-0.39, 0.29) is 17.3 Å². The van der Waals surface area contributed by atoms with Gasteiger partial charge in [0.2, 0.25) is 0 Å². The molecule has 0 bridgehead atoms. The molecule has 0 atom stereocenters. The van der Waals surface area contributed by atoms with Gasteiger partial charge in [0.1, 0.15) is 0 Å². The quantitative estimate of drug-likeness (QED) is 0.701. The topological polar surface area (TPSA) is 78.4 Å². The molecule has 3 N–H and O–H groups in total. The molecule has 0 aliphatic heterocycles. The van der Waals surface area contributed by atoms with Gasteiger partial charge >= 0.3 is 12.0 Å². The number of benzene rings is 1. The average Bonchev–Trinajstić information content (AvgIpc) is 2.37. The van der Waals surface area contributed by atoms with Gasteiger partial charge in [-0.15, -0.1) is 0 Å². The van der Waals surface area contributed by atoms with E-state index in [0.717, 1.165) is 19.3 Å². The number of rotatable bonds is 6. The van der Waals surface area contributed by atoms with Crippen molar-refractivity contribution in [3.05, 3.63) is 28.8 Å². The number of amides is 2. The van der Waals surface area contributed by atoms with Crippen LogP contribution in [0.3, 0.4) is 0 Å². The number of unbranched alkanes of at least 4 members (excludes halogenated alkanes) is 2. The zero-order valence-corrected chi connectivity index (χ0v) is 11.5. The molecule has 0 spiro atoms. The van der Waals surface area contributed by atoms with E-state index < -0.39 is 5.97 Å². The Labute approximate surface area is 117 Å². The van der Waals surface area contributed by atoms with Crippen LogP contribution in [0.2, 0.25) is 5.02 Å². The number of halogens is 1. The molecular formula is C13H17ClN2O3. The SMILES string of the molecule is CCCCCNC(=O)Nc1cc(C(=O)O)ccc1Cl. The van der Waals surface area contributed by atoms with E-state index in [2.05, 4.69) is 17.6 Å². The molecule has 0 heterocycles. The number of carbonyl (C=O) groups excluding carboxylic acids is 1. The van der Waals surface area contributed by atoms with Crippen molar-refractivity contribution in [3.63, 3.8) is 0 Å². The molecule has 19 heavy (non-hydrogen) atoms. The van der Waals surface area contributed by atoms with Gasteiger partial charge in [-0.25, -0.2) is 9.59 Å². The summed E-state index contributed by atoms with van der Waals surface area (Å²) in [5.41, 5.74) is 0.361. The lowest BCUT2D eigenvalue weighted by molar-refractivity contribution is 0.0697. The molecule has 1 aromatic rings. The lowest BCUT2D eigenvalue weighted by atomic mass is 10.2. The number of carboxylic acids is 1. The zero-order chi connectivity index (χ0) is 14.3. The number of aromatic carboxylic acids is 1. The maximum atomic E-state index is 11.6. The number of carbonyl (C=O) groups is 2. The molecule has 0 aromatic heterocycles. The van der Waals surface area contributed by atoms with Gasteiger partial charge in [-0.2, -0.15) is 0 Å². The van der Waals surface area contributed by atoms with Crippen molar-refractivity contribution in [2.75, 3.05) is 11.9 Å². The summed E-state index contributed by atoms with van der Waals surface area (Å²) >= 11 is 5.89. The molecule has 1 rings (SSSR count). The van der Waals surface area contributed by atoms with E-state index in [1.165, 1.54) is 18.2 Å². The van der Waals surface area contributed by atoms with Gasteiger partial charge in [0.15, 0.2) is 0 Å². The molecule has 0 radical (unpaired) electrons. The second-order valence-corrected chi connectivity index (χ2v) is 4.49. The Morgan fingerprint density at radius 3 is 2.68 bits per heavy atom. The molecule has 0 saturated heterocycles.